The Morgan fingerprint density at radius 2 is 1.40 bits per heavy atom. The summed E-state index contributed by atoms with van der Waals surface area (Å²) in [5.74, 6) is -4.82. The first-order chi connectivity index (χ1) is 22.4. The Labute approximate surface area is 281 Å². The van der Waals surface area contributed by atoms with Crippen LogP contribution in [0.4, 0.5) is 0 Å². The van der Waals surface area contributed by atoms with Crippen LogP contribution in [0.1, 0.15) is 73.8 Å². The quantitative estimate of drug-likeness (QED) is 0.187. The Kier molecular flexibility index (Phi) is 10.7. The van der Waals surface area contributed by atoms with Gasteiger partial charge in [-0.05, 0) is 47.1 Å². The minimum absolute atomic E-state index is 0.129. The molecule has 0 saturated heterocycles. The first-order valence-corrected chi connectivity index (χ1v) is 16.1. The molecule has 0 radical (unpaired) electrons. The lowest BCUT2D eigenvalue weighted by atomic mass is 9.48. The predicted molar refractivity (Wildman–Crippen MR) is 174 cm³/mol. The van der Waals surface area contributed by atoms with E-state index in [9.17, 15) is 29.1 Å². The summed E-state index contributed by atoms with van der Waals surface area (Å²) in [5, 5.41) is 12.1. The summed E-state index contributed by atoms with van der Waals surface area (Å²) in [6.45, 7) is 16.6. The van der Waals surface area contributed by atoms with Gasteiger partial charge in [-0.2, -0.15) is 0 Å². The fourth-order valence-corrected chi connectivity index (χ4v) is 8.15. The number of rotatable bonds is 7. The zero-order valence-corrected chi connectivity index (χ0v) is 28.8. The van der Waals surface area contributed by atoms with E-state index in [1.54, 1.807) is 19.9 Å². The lowest BCUT2D eigenvalue weighted by molar-refractivity contribution is -0.224. The molecular weight excluding hydrogens is 620 g/mol. The van der Waals surface area contributed by atoms with E-state index in [0.29, 0.717) is 16.7 Å². The van der Waals surface area contributed by atoms with Crippen LogP contribution in [0.3, 0.4) is 0 Å². The van der Waals surface area contributed by atoms with Gasteiger partial charge in [0.15, 0.2) is 12.2 Å². The van der Waals surface area contributed by atoms with Crippen molar-refractivity contribution >= 4 is 35.9 Å². The molecule has 0 heterocycles. The maximum atomic E-state index is 13.1. The molecule has 11 heteroatoms. The third-order valence-corrected chi connectivity index (χ3v) is 10.2. The van der Waals surface area contributed by atoms with Crippen molar-refractivity contribution in [2.24, 2.45) is 22.7 Å². The van der Waals surface area contributed by atoms with E-state index in [4.69, 9.17) is 23.7 Å². The van der Waals surface area contributed by atoms with E-state index >= 15 is 0 Å². The van der Waals surface area contributed by atoms with Crippen molar-refractivity contribution in [2.75, 3.05) is 0 Å². The van der Waals surface area contributed by atoms with E-state index in [1.807, 2.05) is 44.2 Å². The van der Waals surface area contributed by atoms with E-state index in [-0.39, 0.29) is 12.8 Å². The van der Waals surface area contributed by atoms with Crippen molar-refractivity contribution < 1.29 is 52.8 Å². The van der Waals surface area contributed by atoms with Crippen molar-refractivity contribution in [3.8, 4) is 0 Å². The number of aliphatic hydroxyl groups is 1. The Morgan fingerprint density at radius 1 is 0.812 bits per heavy atom. The zero-order chi connectivity index (χ0) is 35.7. The average molecular weight is 667 g/mol. The van der Waals surface area contributed by atoms with Crippen LogP contribution < -0.4 is 0 Å². The molecule has 1 aromatic carbocycles. The molecule has 48 heavy (non-hydrogen) atoms. The fourth-order valence-electron chi connectivity index (χ4n) is 8.15. The van der Waals surface area contributed by atoms with E-state index in [0.717, 1.165) is 5.56 Å². The van der Waals surface area contributed by atoms with Gasteiger partial charge in [0, 0.05) is 57.4 Å². The van der Waals surface area contributed by atoms with Gasteiger partial charge in [0.05, 0.1) is 6.10 Å². The minimum Gasteiger partial charge on any atom is -0.462 e. The minimum atomic E-state index is -1.49. The highest BCUT2D eigenvalue weighted by Crippen LogP contribution is 2.61. The largest absolute Gasteiger partial charge is 0.462 e. The van der Waals surface area contributed by atoms with Gasteiger partial charge in [0.1, 0.15) is 18.3 Å². The van der Waals surface area contributed by atoms with Crippen LogP contribution in [0.5, 0.6) is 0 Å². The third-order valence-electron chi connectivity index (χ3n) is 10.2. The maximum absolute atomic E-state index is 13.1. The molecule has 4 rings (SSSR count). The molecule has 0 amide bonds. The summed E-state index contributed by atoms with van der Waals surface area (Å²) >= 11 is 0. The summed E-state index contributed by atoms with van der Waals surface area (Å²) in [5.41, 5.74) is -0.167. The van der Waals surface area contributed by atoms with Gasteiger partial charge in [-0.1, -0.05) is 57.7 Å². The van der Waals surface area contributed by atoms with Crippen LogP contribution in [-0.4, -0.2) is 71.6 Å². The Hall–Kier alpha value is -4.25. The molecule has 1 aromatic rings. The number of benzene rings is 1. The molecule has 9 unspecified atom stereocenters. The van der Waals surface area contributed by atoms with Crippen molar-refractivity contribution in [1.29, 1.82) is 0 Å². The Bertz CT molecular complexity index is 1520. The van der Waals surface area contributed by atoms with Crippen molar-refractivity contribution in [3.63, 3.8) is 0 Å². The van der Waals surface area contributed by atoms with Gasteiger partial charge in [-0.15, -0.1) is 0 Å². The van der Waals surface area contributed by atoms with E-state index in [1.165, 1.54) is 33.8 Å². The Morgan fingerprint density at radius 3 is 1.96 bits per heavy atom. The molecule has 2 saturated carbocycles. The number of carbonyl (C=O) groups excluding carboxylic acids is 5. The first kappa shape index (κ1) is 36.6. The molecule has 3 aliphatic rings. The number of ether oxygens (including phenoxy) is 5. The predicted octanol–water partition coefficient (Wildman–Crippen LogP) is 4.66. The first-order valence-electron chi connectivity index (χ1n) is 16.1. The van der Waals surface area contributed by atoms with Gasteiger partial charge < -0.3 is 28.8 Å². The van der Waals surface area contributed by atoms with Gasteiger partial charge in [-0.25, -0.2) is 4.79 Å². The summed E-state index contributed by atoms with van der Waals surface area (Å²) in [6, 6.07) is 9.17. The number of hydrogen-bond acceptors (Lipinski definition) is 11. The molecule has 2 bridgehead atoms. The van der Waals surface area contributed by atoms with Crippen LogP contribution >= 0.6 is 0 Å². The number of carbonyl (C=O) groups is 5. The molecule has 260 valence electrons. The zero-order valence-electron chi connectivity index (χ0n) is 28.8. The topological polar surface area (TPSA) is 152 Å². The van der Waals surface area contributed by atoms with Crippen LogP contribution in [0.2, 0.25) is 0 Å². The number of esters is 5. The SMILES string of the molecule is C=C1C(OC(=O)C=Cc2ccccc2)CC(O)C2(C)C(OC(C)=O)C(OC(C)=O)C3=C(C)C(OC(C)=O)CC(C(OC(C)=O)C12)C3(C)C. The second kappa shape index (κ2) is 14.1. The van der Waals surface area contributed by atoms with Crippen LogP contribution in [0, 0.1) is 22.7 Å². The number of aliphatic hydroxyl groups excluding tert-OH is 1. The molecule has 3 aliphatic carbocycles. The highest BCUT2D eigenvalue weighted by Gasteiger charge is 2.67. The summed E-state index contributed by atoms with van der Waals surface area (Å²) < 4.78 is 29.8. The summed E-state index contributed by atoms with van der Waals surface area (Å²) in [4.78, 5) is 63.8. The standard InChI is InChI=1S/C37H46O11/c1-19-27(44-21(3)38)17-26-33(45-22(4)39)32-20(2)28(48-30(43)16-15-25-13-11-10-12-14-25)18-29(42)37(32,9)35(47-24(6)41)34(46-23(5)40)31(19)36(26,7)8/h10-16,26-29,32-35,42H,2,17-18H2,1,3-9H3. The van der Waals surface area contributed by atoms with Crippen molar-refractivity contribution in [3.05, 3.63) is 65.3 Å². The van der Waals surface area contributed by atoms with Crippen LogP contribution in [0.15, 0.2) is 59.7 Å². The molecule has 11 nitrogen and oxygen atoms in total. The molecule has 1 N–H and O–H groups in total. The average Bonchev–Trinajstić information content (AvgIpc) is 2.97. The second-order valence-electron chi connectivity index (χ2n) is 13.7. The molecule has 0 spiro atoms. The monoisotopic (exact) mass is 666 g/mol. The third kappa shape index (κ3) is 7.11. The maximum Gasteiger partial charge on any atom is 0.331 e. The van der Waals surface area contributed by atoms with Crippen LogP contribution in [0.25, 0.3) is 6.08 Å². The molecule has 0 aliphatic heterocycles. The van der Waals surface area contributed by atoms with E-state index < -0.39 is 89.1 Å². The van der Waals surface area contributed by atoms with Gasteiger partial charge in [0.2, 0.25) is 0 Å². The fraction of sp³-hybridized carbons (Fsp3) is 0.541. The lowest BCUT2D eigenvalue weighted by Crippen LogP contribution is -2.68. The van der Waals surface area contributed by atoms with Gasteiger partial charge in [0.25, 0.3) is 0 Å². The molecule has 2 fully saturated rings. The molecular formula is C37H46O11. The van der Waals surface area contributed by atoms with Gasteiger partial charge in [-0.3, -0.25) is 19.2 Å². The normalized spacial score (nSPS) is 32.6. The molecule has 9 atom stereocenters. The number of hydrogen-bond donors (Lipinski definition) is 1. The van der Waals surface area contributed by atoms with Crippen molar-refractivity contribution in [2.45, 2.75) is 105 Å². The summed E-state index contributed by atoms with van der Waals surface area (Å²) in [7, 11) is 0. The highest BCUT2D eigenvalue weighted by molar-refractivity contribution is 5.87. The Balaban J connectivity index is 1.94. The number of fused-ring (bicyclic) bond motifs is 3. The van der Waals surface area contributed by atoms with Gasteiger partial charge >= 0.3 is 29.8 Å². The summed E-state index contributed by atoms with van der Waals surface area (Å²) in [6.07, 6.45) is -3.80. The molecule has 0 aromatic heterocycles. The second-order valence-corrected chi connectivity index (χ2v) is 13.7. The van der Waals surface area contributed by atoms with E-state index in [2.05, 4.69) is 6.58 Å². The lowest BCUT2D eigenvalue weighted by Gasteiger charge is -2.61. The highest BCUT2D eigenvalue weighted by atomic mass is 16.6. The van der Waals surface area contributed by atoms with Crippen LogP contribution in [-0.2, 0) is 47.7 Å². The van der Waals surface area contributed by atoms with Crippen molar-refractivity contribution in [1.82, 2.24) is 0 Å². The smallest absolute Gasteiger partial charge is 0.331 e.